The van der Waals surface area contributed by atoms with Crippen LogP contribution in [-0.4, -0.2) is 48.2 Å². The number of carboxylic acid groups (broad SMARTS) is 1. The van der Waals surface area contributed by atoms with Gasteiger partial charge in [0.15, 0.2) is 0 Å². The summed E-state index contributed by atoms with van der Waals surface area (Å²) in [6, 6.07) is 6.10. The Morgan fingerprint density at radius 1 is 1.15 bits per heavy atom. The second-order valence-corrected chi connectivity index (χ2v) is 5.66. The first-order valence-electron chi connectivity index (χ1n) is 6.80. The maximum absolute atomic E-state index is 12.5. The van der Waals surface area contributed by atoms with E-state index in [4.69, 9.17) is 9.84 Å². The van der Waals surface area contributed by atoms with Crippen molar-refractivity contribution in [2.45, 2.75) is 12.8 Å². The van der Waals surface area contributed by atoms with Crippen LogP contribution in [0.1, 0.15) is 33.6 Å². The molecule has 5 heteroatoms. The smallest absolute Gasteiger partial charge is 0.335 e. The number of hydrogen-bond acceptors (Lipinski definition) is 3. The fraction of sp³-hybridized carbons (Fsp3) is 0.467. The summed E-state index contributed by atoms with van der Waals surface area (Å²) >= 11 is 0. The molecule has 1 spiro atoms. The van der Waals surface area contributed by atoms with E-state index < -0.39 is 5.97 Å². The van der Waals surface area contributed by atoms with Crippen molar-refractivity contribution in [3.05, 3.63) is 35.4 Å². The molecule has 1 saturated heterocycles. The number of amides is 1. The lowest BCUT2D eigenvalue weighted by atomic mass is 10.1. The average molecular weight is 275 g/mol. The molecule has 0 atom stereocenters. The highest BCUT2D eigenvalue weighted by Crippen LogP contribution is 2.47. The zero-order valence-electron chi connectivity index (χ0n) is 11.2. The third kappa shape index (κ3) is 2.54. The van der Waals surface area contributed by atoms with Gasteiger partial charge in [-0.05, 0) is 37.1 Å². The van der Waals surface area contributed by atoms with Crippen molar-refractivity contribution in [2.24, 2.45) is 5.41 Å². The number of aromatic carboxylic acids is 1. The van der Waals surface area contributed by atoms with Gasteiger partial charge in [0.05, 0.1) is 18.8 Å². The van der Waals surface area contributed by atoms with E-state index in [0.29, 0.717) is 18.7 Å². The molecule has 1 aliphatic heterocycles. The van der Waals surface area contributed by atoms with Crippen LogP contribution in [-0.2, 0) is 4.74 Å². The number of carbonyl (C=O) groups excluding carboxylic acids is 1. The Labute approximate surface area is 117 Å². The first kappa shape index (κ1) is 13.1. The number of carbonyl (C=O) groups is 2. The van der Waals surface area contributed by atoms with Gasteiger partial charge in [-0.15, -0.1) is 0 Å². The SMILES string of the molecule is O=C(O)c1ccc(C(=O)N2CCOCC3(CC3)C2)cc1. The highest BCUT2D eigenvalue weighted by molar-refractivity contribution is 5.96. The third-order valence-corrected chi connectivity index (χ3v) is 4.06. The Bertz CT molecular complexity index is 533. The number of carboxylic acids is 1. The third-order valence-electron chi connectivity index (χ3n) is 4.06. The second-order valence-electron chi connectivity index (χ2n) is 5.66. The molecule has 20 heavy (non-hydrogen) atoms. The summed E-state index contributed by atoms with van der Waals surface area (Å²) in [5.41, 5.74) is 0.903. The van der Waals surface area contributed by atoms with Crippen LogP contribution in [0.5, 0.6) is 0 Å². The lowest BCUT2D eigenvalue weighted by Gasteiger charge is -2.23. The summed E-state index contributed by atoms with van der Waals surface area (Å²) in [5.74, 6) is -1.03. The zero-order chi connectivity index (χ0) is 14.2. The summed E-state index contributed by atoms with van der Waals surface area (Å²) < 4.78 is 5.57. The van der Waals surface area contributed by atoms with Crippen LogP contribution in [0.15, 0.2) is 24.3 Å². The number of benzene rings is 1. The normalized spacial score (nSPS) is 20.5. The number of rotatable bonds is 2. The first-order chi connectivity index (χ1) is 9.60. The Balaban J connectivity index is 1.75. The van der Waals surface area contributed by atoms with Crippen molar-refractivity contribution in [3.63, 3.8) is 0 Å². The fourth-order valence-corrected chi connectivity index (χ4v) is 2.58. The van der Waals surface area contributed by atoms with Gasteiger partial charge in [0.2, 0.25) is 0 Å². The molecule has 2 fully saturated rings. The Morgan fingerprint density at radius 3 is 2.40 bits per heavy atom. The van der Waals surface area contributed by atoms with Crippen molar-refractivity contribution in [1.29, 1.82) is 0 Å². The summed E-state index contributed by atoms with van der Waals surface area (Å²) in [6.45, 7) is 2.66. The van der Waals surface area contributed by atoms with Crippen molar-refractivity contribution < 1.29 is 19.4 Å². The molecule has 2 aliphatic rings. The van der Waals surface area contributed by atoms with Crippen LogP contribution in [0.2, 0.25) is 0 Å². The predicted molar refractivity (Wildman–Crippen MR) is 71.8 cm³/mol. The van der Waals surface area contributed by atoms with E-state index in [1.807, 2.05) is 4.90 Å². The minimum absolute atomic E-state index is 0.0429. The molecule has 1 N–H and O–H groups in total. The summed E-state index contributed by atoms with van der Waals surface area (Å²) in [6.07, 6.45) is 2.24. The van der Waals surface area contributed by atoms with Crippen molar-refractivity contribution in [3.8, 4) is 0 Å². The summed E-state index contributed by atoms with van der Waals surface area (Å²) in [5, 5.41) is 8.87. The van der Waals surface area contributed by atoms with Gasteiger partial charge in [0.1, 0.15) is 0 Å². The van der Waals surface area contributed by atoms with Gasteiger partial charge < -0.3 is 14.7 Å². The highest BCUT2D eigenvalue weighted by Gasteiger charge is 2.46. The van der Waals surface area contributed by atoms with Gasteiger partial charge in [-0.3, -0.25) is 4.79 Å². The predicted octanol–water partition coefficient (Wildman–Crippen LogP) is 1.64. The van der Waals surface area contributed by atoms with Gasteiger partial charge in [-0.1, -0.05) is 0 Å². The fourth-order valence-electron chi connectivity index (χ4n) is 2.58. The monoisotopic (exact) mass is 275 g/mol. The maximum atomic E-state index is 12.5. The van der Waals surface area contributed by atoms with Crippen molar-refractivity contribution in [1.82, 2.24) is 4.90 Å². The van der Waals surface area contributed by atoms with Crippen molar-refractivity contribution >= 4 is 11.9 Å². The van der Waals surface area contributed by atoms with E-state index in [-0.39, 0.29) is 16.9 Å². The van der Waals surface area contributed by atoms with Gasteiger partial charge >= 0.3 is 5.97 Å². The molecule has 1 saturated carbocycles. The topological polar surface area (TPSA) is 66.8 Å². The van der Waals surface area contributed by atoms with Gasteiger partial charge in [-0.2, -0.15) is 0 Å². The second kappa shape index (κ2) is 4.90. The lowest BCUT2D eigenvalue weighted by molar-refractivity contribution is 0.0693. The first-order valence-corrected chi connectivity index (χ1v) is 6.80. The van der Waals surface area contributed by atoms with Crippen LogP contribution in [0.3, 0.4) is 0 Å². The zero-order valence-corrected chi connectivity index (χ0v) is 11.2. The molecule has 1 aliphatic carbocycles. The number of hydrogen-bond donors (Lipinski definition) is 1. The van der Waals surface area contributed by atoms with Crippen LogP contribution >= 0.6 is 0 Å². The number of ether oxygens (including phenoxy) is 1. The van der Waals surface area contributed by atoms with E-state index in [0.717, 1.165) is 26.0 Å². The molecule has 1 aromatic carbocycles. The molecule has 5 nitrogen and oxygen atoms in total. The molecule has 106 valence electrons. The molecule has 1 heterocycles. The minimum atomic E-state index is -0.982. The number of nitrogens with zero attached hydrogens (tertiary/aromatic N) is 1. The molecule has 1 amide bonds. The highest BCUT2D eigenvalue weighted by atomic mass is 16.5. The molecule has 0 radical (unpaired) electrons. The van der Waals surface area contributed by atoms with Crippen LogP contribution in [0, 0.1) is 5.41 Å². The molecular weight excluding hydrogens is 258 g/mol. The van der Waals surface area contributed by atoms with Gasteiger partial charge in [0, 0.05) is 24.1 Å². The summed E-state index contributed by atoms with van der Waals surface area (Å²) in [4.78, 5) is 25.1. The molecule has 3 rings (SSSR count). The van der Waals surface area contributed by atoms with Crippen LogP contribution < -0.4 is 0 Å². The van der Waals surface area contributed by atoms with E-state index in [1.165, 1.54) is 12.1 Å². The molecule has 0 unspecified atom stereocenters. The van der Waals surface area contributed by atoms with Crippen LogP contribution in [0.4, 0.5) is 0 Å². The van der Waals surface area contributed by atoms with Crippen molar-refractivity contribution in [2.75, 3.05) is 26.3 Å². The lowest BCUT2D eigenvalue weighted by Crippen LogP contribution is -2.36. The van der Waals surface area contributed by atoms with E-state index >= 15 is 0 Å². The average Bonchev–Trinajstić information content (AvgIpc) is 3.25. The Kier molecular flexibility index (Phi) is 3.22. The molecule has 0 aromatic heterocycles. The Hall–Kier alpha value is -1.88. The minimum Gasteiger partial charge on any atom is -0.478 e. The van der Waals surface area contributed by atoms with E-state index in [1.54, 1.807) is 12.1 Å². The standard InChI is InChI=1S/C15H17NO4/c17-13(11-1-3-12(4-2-11)14(18)19)16-7-8-20-10-15(9-16)5-6-15/h1-4H,5-10H2,(H,18,19). The van der Waals surface area contributed by atoms with Gasteiger partial charge in [-0.25, -0.2) is 4.79 Å². The molecule has 1 aromatic rings. The molecular formula is C15H17NO4. The van der Waals surface area contributed by atoms with E-state index in [2.05, 4.69) is 0 Å². The maximum Gasteiger partial charge on any atom is 0.335 e. The van der Waals surface area contributed by atoms with Crippen LogP contribution in [0.25, 0.3) is 0 Å². The largest absolute Gasteiger partial charge is 0.478 e. The van der Waals surface area contributed by atoms with E-state index in [9.17, 15) is 9.59 Å². The Morgan fingerprint density at radius 2 is 1.80 bits per heavy atom. The van der Waals surface area contributed by atoms with Gasteiger partial charge in [0.25, 0.3) is 5.91 Å². The summed E-state index contributed by atoms with van der Waals surface area (Å²) in [7, 11) is 0. The molecule has 0 bridgehead atoms. The quantitative estimate of drug-likeness (QED) is 0.891.